The Hall–Kier alpha value is -3.45. The van der Waals surface area contributed by atoms with Crippen LogP contribution in [0.3, 0.4) is 0 Å². The normalized spacial score (nSPS) is 11.2. The molecule has 0 spiro atoms. The van der Waals surface area contributed by atoms with Gasteiger partial charge in [0.05, 0.1) is 17.6 Å². The number of aromatic nitrogens is 3. The van der Waals surface area contributed by atoms with Gasteiger partial charge in [-0.2, -0.15) is 0 Å². The van der Waals surface area contributed by atoms with Crippen molar-refractivity contribution in [1.82, 2.24) is 14.5 Å². The number of fused-ring (bicyclic) bond motifs is 2. The summed E-state index contributed by atoms with van der Waals surface area (Å²) >= 11 is 0. The maximum Gasteiger partial charge on any atom is 0.344 e. The molecule has 0 unspecified atom stereocenters. The molecule has 148 valence electrons. The maximum absolute atomic E-state index is 12.7. The lowest BCUT2D eigenvalue weighted by Gasteiger charge is -2.08. The van der Waals surface area contributed by atoms with Gasteiger partial charge < -0.3 is 19.8 Å². The molecule has 0 fully saturated rings. The number of nitrogens with two attached hydrogens (primary N) is 1. The molecule has 0 saturated carbocycles. The number of para-hydroxylation sites is 2. The van der Waals surface area contributed by atoms with Crippen molar-refractivity contribution in [2.45, 2.75) is 13.0 Å². The van der Waals surface area contributed by atoms with E-state index in [1.165, 1.54) is 5.56 Å². The third kappa shape index (κ3) is 3.77. The van der Waals surface area contributed by atoms with Crippen molar-refractivity contribution in [3.63, 3.8) is 0 Å². The van der Waals surface area contributed by atoms with E-state index < -0.39 is 5.97 Å². The van der Waals surface area contributed by atoms with E-state index in [-0.39, 0.29) is 12.2 Å². The topological polar surface area (TPSA) is 92.3 Å². The zero-order chi connectivity index (χ0) is 20.2. The summed E-state index contributed by atoms with van der Waals surface area (Å²) in [5.74, 6) is -0.207. The SMILES string of the molecule is COCCOC(=O)c1c(N)n(CCc2ccccc2)c2nc3ccccc3nc12. The molecular weight excluding hydrogens is 368 g/mol. The van der Waals surface area contributed by atoms with Crippen LogP contribution in [0.4, 0.5) is 5.82 Å². The summed E-state index contributed by atoms with van der Waals surface area (Å²) in [6.45, 7) is 1.03. The van der Waals surface area contributed by atoms with Gasteiger partial charge in [0.1, 0.15) is 23.5 Å². The second-order valence-electron chi connectivity index (χ2n) is 6.66. The maximum atomic E-state index is 12.7. The van der Waals surface area contributed by atoms with Crippen LogP contribution in [0.5, 0.6) is 0 Å². The van der Waals surface area contributed by atoms with Crippen molar-refractivity contribution in [2.24, 2.45) is 0 Å². The van der Waals surface area contributed by atoms with Crippen molar-refractivity contribution in [3.8, 4) is 0 Å². The number of ether oxygens (including phenoxy) is 2. The molecule has 0 aliphatic carbocycles. The van der Waals surface area contributed by atoms with Crippen LogP contribution in [0.2, 0.25) is 0 Å². The first kappa shape index (κ1) is 18.9. The van der Waals surface area contributed by atoms with E-state index in [1.54, 1.807) is 7.11 Å². The minimum absolute atomic E-state index is 0.145. The first-order chi connectivity index (χ1) is 14.2. The molecule has 29 heavy (non-hydrogen) atoms. The van der Waals surface area contributed by atoms with Gasteiger partial charge in [0.25, 0.3) is 0 Å². The number of esters is 1. The molecule has 0 saturated heterocycles. The highest BCUT2D eigenvalue weighted by Crippen LogP contribution is 2.28. The number of nitrogens with zero attached hydrogens (tertiary/aromatic N) is 3. The van der Waals surface area contributed by atoms with E-state index in [9.17, 15) is 4.79 Å². The summed E-state index contributed by atoms with van der Waals surface area (Å²) in [5.41, 5.74) is 10.3. The molecule has 0 aliphatic heterocycles. The second kappa shape index (κ2) is 8.28. The molecule has 2 heterocycles. The summed E-state index contributed by atoms with van der Waals surface area (Å²) in [4.78, 5) is 22.1. The second-order valence-corrected chi connectivity index (χ2v) is 6.66. The number of carbonyl (C=O) groups excluding carboxylic acids is 1. The Bertz CT molecular complexity index is 1160. The van der Waals surface area contributed by atoms with Gasteiger partial charge in [-0.25, -0.2) is 14.8 Å². The third-order valence-corrected chi connectivity index (χ3v) is 4.78. The van der Waals surface area contributed by atoms with E-state index in [1.807, 2.05) is 47.0 Å². The summed E-state index contributed by atoms with van der Waals surface area (Å²) in [6.07, 6.45) is 0.751. The Morgan fingerprint density at radius 2 is 1.69 bits per heavy atom. The fraction of sp³-hybridized carbons (Fsp3) is 0.227. The molecule has 0 amide bonds. The van der Waals surface area contributed by atoms with E-state index in [0.717, 1.165) is 11.9 Å². The van der Waals surface area contributed by atoms with Gasteiger partial charge in [-0.15, -0.1) is 0 Å². The minimum atomic E-state index is -0.521. The molecule has 4 rings (SSSR count). The number of anilines is 1. The van der Waals surface area contributed by atoms with Crippen molar-refractivity contribution in [2.75, 3.05) is 26.1 Å². The van der Waals surface area contributed by atoms with Crippen LogP contribution in [0.15, 0.2) is 54.6 Å². The summed E-state index contributed by atoms with van der Waals surface area (Å²) in [5, 5.41) is 0. The number of carbonyl (C=O) groups is 1. The van der Waals surface area contributed by atoms with Crippen molar-refractivity contribution in [3.05, 3.63) is 65.7 Å². The Balaban J connectivity index is 1.79. The van der Waals surface area contributed by atoms with Gasteiger partial charge in [0, 0.05) is 13.7 Å². The monoisotopic (exact) mass is 390 g/mol. The highest BCUT2D eigenvalue weighted by Gasteiger charge is 2.25. The summed E-state index contributed by atoms with van der Waals surface area (Å²) in [7, 11) is 1.55. The Morgan fingerprint density at radius 1 is 1.00 bits per heavy atom. The lowest BCUT2D eigenvalue weighted by molar-refractivity contribution is 0.0391. The first-order valence-electron chi connectivity index (χ1n) is 9.43. The van der Waals surface area contributed by atoms with Crippen LogP contribution in [0.1, 0.15) is 15.9 Å². The van der Waals surface area contributed by atoms with Crippen LogP contribution >= 0.6 is 0 Å². The van der Waals surface area contributed by atoms with Crippen LogP contribution in [0.25, 0.3) is 22.2 Å². The Morgan fingerprint density at radius 3 is 2.41 bits per heavy atom. The van der Waals surface area contributed by atoms with Crippen molar-refractivity contribution >= 4 is 34.0 Å². The first-order valence-corrected chi connectivity index (χ1v) is 9.43. The number of methoxy groups -OCH3 is 1. The number of benzene rings is 2. The van der Waals surface area contributed by atoms with Gasteiger partial charge in [0.2, 0.25) is 0 Å². The van der Waals surface area contributed by atoms with E-state index >= 15 is 0 Å². The van der Waals surface area contributed by atoms with Crippen LogP contribution < -0.4 is 5.73 Å². The van der Waals surface area contributed by atoms with Crippen LogP contribution in [-0.2, 0) is 22.4 Å². The van der Waals surface area contributed by atoms with Crippen molar-refractivity contribution < 1.29 is 14.3 Å². The molecule has 0 bridgehead atoms. The number of aryl methyl sites for hydroxylation is 2. The van der Waals surface area contributed by atoms with E-state index in [2.05, 4.69) is 17.1 Å². The molecule has 2 aromatic heterocycles. The van der Waals surface area contributed by atoms with Crippen LogP contribution in [0, 0.1) is 0 Å². The predicted molar refractivity (Wildman–Crippen MR) is 112 cm³/mol. The van der Waals surface area contributed by atoms with Gasteiger partial charge in [0.15, 0.2) is 5.65 Å². The highest BCUT2D eigenvalue weighted by atomic mass is 16.6. The average molecular weight is 390 g/mol. The van der Waals surface area contributed by atoms with E-state index in [0.29, 0.717) is 35.7 Å². The highest BCUT2D eigenvalue weighted by molar-refractivity contribution is 6.08. The average Bonchev–Trinajstić information content (AvgIpc) is 3.01. The third-order valence-electron chi connectivity index (χ3n) is 4.78. The van der Waals surface area contributed by atoms with Gasteiger partial charge in [-0.3, -0.25) is 0 Å². The Kier molecular flexibility index (Phi) is 5.39. The van der Waals surface area contributed by atoms with Gasteiger partial charge >= 0.3 is 5.97 Å². The lowest BCUT2D eigenvalue weighted by Crippen LogP contribution is -2.13. The Labute approximate surface area is 168 Å². The molecule has 7 nitrogen and oxygen atoms in total. The van der Waals surface area contributed by atoms with Gasteiger partial charge in [-0.1, -0.05) is 42.5 Å². The summed E-state index contributed by atoms with van der Waals surface area (Å²) in [6, 6.07) is 17.6. The minimum Gasteiger partial charge on any atom is -0.459 e. The molecule has 0 atom stereocenters. The fourth-order valence-corrected chi connectivity index (χ4v) is 3.32. The predicted octanol–water partition coefficient (Wildman–Crippen LogP) is 3.21. The standard InChI is InChI=1S/C22H22N4O3/c1-28-13-14-29-22(27)18-19-21(25-17-10-6-5-9-16(17)24-19)26(20(18)23)12-11-15-7-3-2-4-8-15/h2-10H,11-14,23H2,1H3. The molecule has 4 aromatic rings. The van der Waals surface area contributed by atoms with Crippen molar-refractivity contribution in [1.29, 1.82) is 0 Å². The number of nitrogen functional groups attached to an aromatic ring is 1. The van der Waals surface area contributed by atoms with Gasteiger partial charge in [-0.05, 0) is 24.1 Å². The molecule has 2 aromatic carbocycles. The fourth-order valence-electron chi connectivity index (χ4n) is 3.32. The largest absolute Gasteiger partial charge is 0.459 e. The molecule has 0 radical (unpaired) electrons. The molecular formula is C22H22N4O3. The molecule has 7 heteroatoms. The van der Waals surface area contributed by atoms with E-state index in [4.69, 9.17) is 20.2 Å². The number of hydrogen-bond acceptors (Lipinski definition) is 6. The quantitative estimate of drug-likeness (QED) is 0.385. The number of rotatable bonds is 7. The number of hydrogen-bond donors (Lipinski definition) is 1. The molecule has 0 aliphatic rings. The molecule has 2 N–H and O–H groups in total. The summed E-state index contributed by atoms with van der Waals surface area (Å²) < 4.78 is 12.1. The van der Waals surface area contributed by atoms with Crippen LogP contribution in [-0.4, -0.2) is 40.8 Å². The zero-order valence-corrected chi connectivity index (χ0v) is 16.2. The lowest BCUT2D eigenvalue weighted by atomic mass is 10.1. The zero-order valence-electron chi connectivity index (χ0n) is 16.2. The smallest absolute Gasteiger partial charge is 0.344 e.